The molecule has 0 saturated carbocycles. The molecule has 7 heteroatoms. The number of para-hydroxylation sites is 1. The van der Waals surface area contributed by atoms with Crippen LogP contribution in [0.25, 0.3) is 16.9 Å². The third-order valence-corrected chi connectivity index (χ3v) is 5.59. The summed E-state index contributed by atoms with van der Waals surface area (Å²) in [5.41, 5.74) is 4.05. The van der Waals surface area contributed by atoms with Gasteiger partial charge in [-0.25, -0.2) is 13.9 Å². The van der Waals surface area contributed by atoms with E-state index in [9.17, 15) is 14.0 Å². The van der Waals surface area contributed by atoms with Gasteiger partial charge in [0.2, 0.25) is 5.78 Å². The number of ether oxygens (including phenoxy) is 1. The van der Waals surface area contributed by atoms with Gasteiger partial charge in [0.25, 0.3) is 0 Å². The molecule has 172 valence electrons. The quantitative estimate of drug-likeness (QED) is 0.204. The number of hydrogen-bond acceptors (Lipinski definition) is 4. The van der Waals surface area contributed by atoms with Crippen LogP contribution < -0.4 is 0 Å². The van der Waals surface area contributed by atoms with Gasteiger partial charge in [-0.05, 0) is 56.3 Å². The van der Waals surface area contributed by atoms with Crippen molar-refractivity contribution < 1.29 is 18.7 Å². The van der Waals surface area contributed by atoms with Crippen molar-refractivity contribution in [2.75, 3.05) is 6.61 Å². The summed E-state index contributed by atoms with van der Waals surface area (Å²) in [4.78, 5) is 25.8. The summed E-state index contributed by atoms with van der Waals surface area (Å²) < 4.78 is 22.4. The maximum atomic E-state index is 13.5. The van der Waals surface area contributed by atoms with E-state index in [0.29, 0.717) is 23.4 Å². The first-order valence-electron chi connectivity index (χ1n) is 10.8. The second-order valence-electron chi connectivity index (χ2n) is 7.86. The number of Topliss-reactive ketones (excluding diaryl/α,β-unsaturated/α-hetero) is 1. The number of ketones is 1. The second-order valence-corrected chi connectivity index (χ2v) is 7.86. The van der Waals surface area contributed by atoms with E-state index >= 15 is 0 Å². The van der Waals surface area contributed by atoms with Gasteiger partial charge in [-0.2, -0.15) is 5.10 Å². The minimum atomic E-state index is -0.685. The van der Waals surface area contributed by atoms with Crippen LogP contribution in [0.4, 0.5) is 4.39 Å². The molecule has 2 aromatic heterocycles. The van der Waals surface area contributed by atoms with Crippen molar-refractivity contribution >= 4 is 11.8 Å². The molecular weight excluding hydrogens is 433 g/mol. The van der Waals surface area contributed by atoms with Crippen molar-refractivity contribution in [1.29, 1.82) is 0 Å². The number of halogens is 1. The fourth-order valence-corrected chi connectivity index (χ4v) is 3.84. The summed E-state index contributed by atoms with van der Waals surface area (Å²) in [6, 6.07) is 16.8. The van der Waals surface area contributed by atoms with E-state index in [1.807, 2.05) is 48.7 Å². The molecule has 0 spiro atoms. The molecular formula is C27H24FN3O3. The number of esters is 1. The van der Waals surface area contributed by atoms with E-state index in [0.717, 1.165) is 17.1 Å². The third kappa shape index (κ3) is 4.59. The SMILES string of the molecule is C=CCn1c(C)cc(C(=O)COC(=O)c2cn(-c3ccccc3)nc2-c2ccc(F)cc2)c1C. The first kappa shape index (κ1) is 22.9. The first-order valence-corrected chi connectivity index (χ1v) is 10.8. The number of aryl methyl sites for hydroxylation is 1. The summed E-state index contributed by atoms with van der Waals surface area (Å²) in [6.45, 7) is 7.68. The normalized spacial score (nSPS) is 10.8. The predicted molar refractivity (Wildman–Crippen MR) is 128 cm³/mol. The molecule has 0 bridgehead atoms. The lowest BCUT2D eigenvalue weighted by molar-refractivity contribution is 0.0475. The molecule has 0 radical (unpaired) electrons. The molecule has 0 aliphatic carbocycles. The van der Waals surface area contributed by atoms with Gasteiger partial charge < -0.3 is 9.30 Å². The van der Waals surface area contributed by atoms with Crippen LogP contribution >= 0.6 is 0 Å². The molecule has 2 heterocycles. The Bertz CT molecular complexity index is 1350. The highest BCUT2D eigenvalue weighted by Gasteiger charge is 2.22. The third-order valence-electron chi connectivity index (χ3n) is 5.59. The van der Waals surface area contributed by atoms with Crippen LogP contribution in [0.5, 0.6) is 0 Å². The molecule has 34 heavy (non-hydrogen) atoms. The van der Waals surface area contributed by atoms with Gasteiger partial charge in [-0.3, -0.25) is 4.79 Å². The molecule has 0 unspecified atom stereocenters. The first-order chi connectivity index (χ1) is 16.4. The van der Waals surface area contributed by atoms with Gasteiger partial charge in [-0.15, -0.1) is 6.58 Å². The van der Waals surface area contributed by atoms with E-state index in [1.54, 1.807) is 35.2 Å². The second kappa shape index (κ2) is 9.70. The van der Waals surface area contributed by atoms with Gasteiger partial charge in [0.1, 0.15) is 17.1 Å². The van der Waals surface area contributed by atoms with Gasteiger partial charge in [0, 0.05) is 35.3 Å². The number of nitrogens with zero attached hydrogens (tertiary/aromatic N) is 3. The largest absolute Gasteiger partial charge is 0.454 e. The molecule has 0 saturated heterocycles. The topological polar surface area (TPSA) is 66.1 Å². The van der Waals surface area contributed by atoms with E-state index in [-0.39, 0.29) is 11.3 Å². The number of carbonyl (C=O) groups excluding carboxylic acids is 2. The number of allylic oxidation sites excluding steroid dienone is 1. The van der Waals surface area contributed by atoms with Crippen molar-refractivity contribution in [3.63, 3.8) is 0 Å². The Labute approximate surface area is 196 Å². The van der Waals surface area contributed by atoms with Crippen LogP contribution in [0.2, 0.25) is 0 Å². The van der Waals surface area contributed by atoms with Crippen molar-refractivity contribution in [1.82, 2.24) is 14.3 Å². The Kier molecular flexibility index (Phi) is 6.54. The Balaban J connectivity index is 1.60. The monoisotopic (exact) mass is 457 g/mol. The lowest BCUT2D eigenvalue weighted by Crippen LogP contribution is -2.15. The lowest BCUT2D eigenvalue weighted by Gasteiger charge is -2.07. The van der Waals surface area contributed by atoms with Crippen LogP contribution in [-0.4, -0.2) is 32.7 Å². The average molecular weight is 458 g/mol. The Morgan fingerprint density at radius 1 is 1.06 bits per heavy atom. The highest BCUT2D eigenvalue weighted by Crippen LogP contribution is 2.25. The number of benzene rings is 2. The molecule has 0 amide bonds. The van der Waals surface area contributed by atoms with E-state index in [4.69, 9.17) is 4.74 Å². The Morgan fingerprint density at radius 2 is 1.76 bits per heavy atom. The Hall–Kier alpha value is -4.26. The molecule has 6 nitrogen and oxygen atoms in total. The predicted octanol–water partition coefficient (Wildman–Crippen LogP) is 5.32. The highest BCUT2D eigenvalue weighted by atomic mass is 19.1. The van der Waals surface area contributed by atoms with Gasteiger partial charge >= 0.3 is 5.97 Å². The molecule has 2 aromatic carbocycles. The number of aromatic nitrogens is 3. The summed E-state index contributed by atoms with van der Waals surface area (Å²) in [7, 11) is 0. The van der Waals surface area contributed by atoms with E-state index < -0.39 is 18.4 Å². The maximum Gasteiger partial charge on any atom is 0.342 e. The zero-order chi connectivity index (χ0) is 24.2. The average Bonchev–Trinajstić information content (AvgIpc) is 3.41. The summed E-state index contributed by atoms with van der Waals surface area (Å²) >= 11 is 0. The van der Waals surface area contributed by atoms with Gasteiger partial charge in [0.15, 0.2) is 6.61 Å². The fourth-order valence-electron chi connectivity index (χ4n) is 3.84. The smallest absolute Gasteiger partial charge is 0.342 e. The zero-order valence-corrected chi connectivity index (χ0v) is 19.0. The van der Waals surface area contributed by atoms with Crippen LogP contribution in [0.3, 0.4) is 0 Å². The maximum absolute atomic E-state index is 13.5. The van der Waals surface area contributed by atoms with Crippen LogP contribution in [0.1, 0.15) is 32.1 Å². The number of rotatable bonds is 8. The Morgan fingerprint density at radius 3 is 2.44 bits per heavy atom. The minimum Gasteiger partial charge on any atom is -0.454 e. The van der Waals surface area contributed by atoms with E-state index in [1.165, 1.54) is 12.1 Å². The van der Waals surface area contributed by atoms with Crippen LogP contribution in [0.15, 0.2) is 79.5 Å². The zero-order valence-electron chi connectivity index (χ0n) is 19.0. The fraction of sp³-hybridized carbons (Fsp3) is 0.148. The molecule has 0 atom stereocenters. The van der Waals surface area contributed by atoms with Crippen molar-refractivity contribution in [3.8, 4) is 16.9 Å². The van der Waals surface area contributed by atoms with Crippen LogP contribution in [0, 0.1) is 19.7 Å². The van der Waals surface area contributed by atoms with Crippen molar-refractivity contribution in [3.05, 3.63) is 108 Å². The molecule has 0 N–H and O–H groups in total. The summed E-state index contributed by atoms with van der Waals surface area (Å²) in [6.07, 6.45) is 3.31. The molecule has 0 aliphatic heterocycles. The lowest BCUT2D eigenvalue weighted by atomic mass is 10.1. The van der Waals surface area contributed by atoms with Crippen molar-refractivity contribution in [2.24, 2.45) is 0 Å². The van der Waals surface area contributed by atoms with Gasteiger partial charge in [0.05, 0.1) is 5.69 Å². The minimum absolute atomic E-state index is 0.181. The molecule has 4 rings (SSSR count). The summed E-state index contributed by atoms with van der Waals surface area (Å²) in [5, 5.41) is 4.53. The highest BCUT2D eigenvalue weighted by molar-refractivity contribution is 6.01. The summed E-state index contributed by atoms with van der Waals surface area (Å²) in [5.74, 6) is -1.37. The van der Waals surface area contributed by atoms with E-state index in [2.05, 4.69) is 11.7 Å². The molecule has 0 fully saturated rings. The van der Waals surface area contributed by atoms with Gasteiger partial charge in [-0.1, -0.05) is 24.3 Å². The number of hydrogen-bond donors (Lipinski definition) is 0. The number of carbonyl (C=O) groups is 2. The molecule has 4 aromatic rings. The molecule has 0 aliphatic rings. The van der Waals surface area contributed by atoms with Crippen molar-refractivity contribution in [2.45, 2.75) is 20.4 Å². The van der Waals surface area contributed by atoms with Crippen LogP contribution in [-0.2, 0) is 11.3 Å². The standard InChI is InChI=1S/C27H24FN3O3/c1-4-14-30-18(2)15-23(19(30)3)25(32)17-34-27(33)24-16-31(22-8-6-5-7-9-22)29-26(24)20-10-12-21(28)13-11-20/h4-13,15-16H,1,14,17H2,2-3H3.